The first-order valence-corrected chi connectivity index (χ1v) is 4.59. The Balaban J connectivity index is 2.22. The minimum atomic E-state index is -0.250. The minimum Gasteiger partial charge on any atom is -0.435 e. The first-order chi connectivity index (χ1) is 5.77. The smallest absolute Gasteiger partial charge is 0.314 e. The molecule has 2 heterocycles. The van der Waals surface area contributed by atoms with E-state index in [1.165, 1.54) is 0 Å². The maximum atomic E-state index is 11.5. The Morgan fingerprint density at radius 3 is 3.25 bits per heavy atom. The molecule has 0 aliphatic carbocycles. The van der Waals surface area contributed by atoms with Gasteiger partial charge in [0.2, 0.25) is 6.29 Å². The topological polar surface area (TPSA) is 35.5 Å². The van der Waals surface area contributed by atoms with Crippen LogP contribution < -0.4 is 0 Å². The highest BCUT2D eigenvalue weighted by Gasteiger charge is 2.49. The van der Waals surface area contributed by atoms with Crippen molar-refractivity contribution >= 4 is 5.97 Å². The second kappa shape index (κ2) is 2.73. The summed E-state index contributed by atoms with van der Waals surface area (Å²) in [5, 5.41) is 0. The molecule has 12 heavy (non-hydrogen) atoms. The summed E-state index contributed by atoms with van der Waals surface area (Å²) in [4.78, 5) is 11.5. The Kier molecular flexibility index (Phi) is 1.83. The van der Waals surface area contributed by atoms with Gasteiger partial charge in [0.15, 0.2) is 0 Å². The van der Waals surface area contributed by atoms with E-state index in [0.29, 0.717) is 0 Å². The van der Waals surface area contributed by atoms with Gasteiger partial charge in [-0.15, -0.1) is 0 Å². The molecule has 2 rings (SSSR count). The van der Waals surface area contributed by atoms with Crippen molar-refractivity contribution < 1.29 is 14.3 Å². The van der Waals surface area contributed by atoms with Crippen LogP contribution in [0, 0.1) is 5.41 Å². The van der Waals surface area contributed by atoms with Gasteiger partial charge in [0.25, 0.3) is 0 Å². The molecule has 3 nitrogen and oxygen atoms in total. The number of ether oxygens (including phenoxy) is 2. The van der Waals surface area contributed by atoms with Gasteiger partial charge < -0.3 is 9.47 Å². The number of rotatable bonds is 1. The minimum absolute atomic E-state index is 0.0466. The van der Waals surface area contributed by atoms with Crippen LogP contribution in [0.15, 0.2) is 0 Å². The molecule has 2 aliphatic rings. The van der Waals surface area contributed by atoms with Crippen LogP contribution in [-0.4, -0.2) is 18.9 Å². The van der Waals surface area contributed by atoms with Crippen LogP contribution in [0.2, 0.25) is 0 Å². The van der Waals surface area contributed by atoms with Crippen LogP contribution in [-0.2, 0) is 14.3 Å². The van der Waals surface area contributed by atoms with Crippen molar-refractivity contribution in [3.8, 4) is 0 Å². The van der Waals surface area contributed by atoms with Gasteiger partial charge in [0.1, 0.15) is 0 Å². The van der Waals surface area contributed by atoms with Crippen molar-refractivity contribution in [1.82, 2.24) is 0 Å². The molecule has 0 saturated carbocycles. The van der Waals surface area contributed by atoms with Crippen LogP contribution in [0.4, 0.5) is 0 Å². The molecule has 0 radical (unpaired) electrons. The lowest BCUT2D eigenvalue weighted by Gasteiger charge is -2.20. The second-order valence-corrected chi connectivity index (χ2v) is 3.65. The summed E-state index contributed by atoms with van der Waals surface area (Å²) in [6.45, 7) is 2.79. The van der Waals surface area contributed by atoms with E-state index >= 15 is 0 Å². The summed E-state index contributed by atoms with van der Waals surface area (Å²) in [7, 11) is 0. The van der Waals surface area contributed by atoms with Gasteiger partial charge in [-0.1, -0.05) is 6.92 Å². The maximum Gasteiger partial charge on any atom is 0.314 e. The molecule has 68 valence electrons. The average Bonchev–Trinajstić information content (AvgIpc) is 2.27. The van der Waals surface area contributed by atoms with Crippen molar-refractivity contribution in [2.24, 2.45) is 5.41 Å². The predicted octanol–water partition coefficient (Wildman–Crippen LogP) is 1.47. The summed E-state index contributed by atoms with van der Waals surface area (Å²) in [6, 6.07) is 0. The molecule has 3 heteroatoms. The number of fused-ring (bicyclic) bond motifs is 2. The molecule has 0 aromatic carbocycles. The van der Waals surface area contributed by atoms with Gasteiger partial charge in [-0.05, 0) is 19.3 Å². The Labute approximate surface area is 72.0 Å². The van der Waals surface area contributed by atoms with E-state index in [1.54, 1.807) is 0 Å². The number of carbonyl (C=O) groups is 1. The normalized spacial score (nSPS) is 40.8. The summed E-state index contributed by atoms with van der Waals surface area (Å²) in [5.41, 5.74) is -0.207. The lowest BCUT2D eigenvalue weighted by atomic mass is 9.80. The highest BCUT2D eigenvalue weighted by Crippen LogP contribution is 2.43. The highest BCUT2D eigenvalue weighted by atomic mass is 16.7. The molecule has 0 unspecified atom stereocenters. The van der Waals surface area contributed by atoms with Crippen LogP contribution >= 0.6 is 0 Å². The summed E-state index contributed by atoms with van der Waals surface area (Å²) in [6.07, 6.45) is 3.31. The maximum absolute atomic E-state index is 11.5. The third-order valence-corrected chi connectivity index (χ3v) is 3.01. The van der Waals surface area contributed by atoms with Crippen LogP contribution in [0.25, 0.3) is 0 Å². The monoisotopic (exact) mass is 170 g/mol. The van der Waals surface area contributed by atoms with Crippen LogP contribution in [0.3, 0.4) is 0 Å². The van der Waals surface area contributed by atoms with Crippen molar-refractivity contribution in [3.05, 3.63) is 0 Å². The predicted molar refractivity (Wildman–Crippen MR) is 42.4 cm³/mol. The van der Waals surface area contributed by atoms with E-state index in [9.17, 15) is 4.79 Å². The van der Waals surface area contributed by atoms with E-state index in [-0.39, 0.29) is 17.7 Å². The summed E-state index contributed by atoms with van der Waals surface area (Å²) >= 11 is 0. The third-order valence-electron chi connectivity index (χ3n) is 3.01. The molecular weight excluding hydrogens is 156 g/mol. The molecule has 2 bridgehead atoms. The molecule has 2 atom stereocenters. The molecule has 2 saturated heterocycles. The van der Waals surface area contributed by atoms with Gasteiger partial charge in [-0.2, -0.15) is 0 Å². The first-order valence-electron chi connectivity index (χ1n) is 4.59. The van der Waals surface area contributed by atoms with Gasteiger partial charge >= 0.3 is 5.97 Å². The van der Waals surface area contributed by atoms with Crippen molar-refractivity contribution in [2.75, 3.05) is 6.61 Å². The fourth-order valence-corrected chi connectivity index (χ4v) is 2.08. The largest absolute Gasteiger partial charge is 0.435 e. The zero-order valence-corrected chi connectivity index (χ0v) is 7.34. The molecule has 2 aliphatic heterocycles. The van der Waals surface area contributed by atoms with Crippen LogP contribution in [0.5, 0.6) is 0 Å². The molecule has 0 aromatic heterocycles. The van der Waals surface area contributed by atoms with Crippen molar-refractivity contribution in [2.45, 2.75) is 38.9 Å². The summed E-state index contributed by atoms with van der Waals surface area (Å²) in [5.74, 6) is -0.0466. The van der Waals surface area contributed by atoms with Crippen molar-refractivity contribution in [3.63, 3.8) is 0 Å². The standard InChI is InChI=1S/C9H14O3/c1-2-9-4-3-5-11-7(6-9)12-8(9)10/h7H,2-6H2,1H3/t7-,9-/m0/s1. The highest BCUT2D eigenvalue weighted by molar-refractivity contribution is 5.78. The quantitative estimate of drug-likeness (QED) is 0.559. The van der Waals surface area contributed by atoms with Gasteiger partial charge in [0, 0.05) is 6.42 Å². The number of hydrogen-bond donors (Lipinski definition) is 0. The third kappa shape index (κ3) is 1.04. The van der Waals surface area contributed by atoms with E-state index < -0.39 is 0 Å². The fourth-order valence-electron chi connectivity index (χ4n) is 2.08. The van der Waals surface area contributed by atoms with Gasteiger partial charge in [-0.25, -0.2) is 0 Å². The van der Waals surface area contributed by atoms with E-state index in [0.717, 1.165) is 32.3 Å². The Bertz CT molecular complexity index is 202. The summed E-state index contributed by atoms with van der Waals surface area (Å²) < 4.78 is 10.4. The zero-order valence-electron chi connectivity index (χ0n) is 7.34. The molecule has 0 N–H and O–H groups in total. The van der Waals surface area contributed by atoms with E-state index in [4.69, 9.17) is 9.47 Å². The van der Waals surface area contributed by atoms with E-state index in [2.05, 4.69) is 6.92 Å². The lowest BCUT2D eigenvalue weighted by molar-refractivity contribution is -0.168. The lowest BCUT2D eigenvalue weighted by Crippen LogP contribution is -2.25. The number of carbonyl (C=O) groups excluding carboxylic acids is 1. The molecule has 0 amide bonds. The number of hydrogen-bond acceptors (Lipinski definition) is 3. The van der Waals surface area contributed by atoms with E-state index in [1.807, 2.05) is 0 Å². The van der Waals surface area contributed by atoms with Crippen molar-refractivity contribution in [1.29, 1.82) is 0 Å². The molecule has 0 spiro atoms. The van der Waals surface area contributed by atoms with Gasteiger partial charge in [0.05, 0.1) is 12.0 Å². The number of esters is 1. The van der Waals surface area contributed by atoms with Gasteiger partial charge in [-0.3, -0.25) is 4.79 Å². The fraction of sp³-hybridized carbons (Fsp3) is 0.889. The average molecular weight is 170 g/mol. The Morgan fingerprint density at radius 2 is 2.50 bits per heavy atom. The second-order valence-electron chi connectivity index (χ2n) is 3.65. The Morgan fingerprint density at radius 1 is 1.67 bits per heavy atom. The van der Waals surface area contributed by atoms with Crippen LogP contribution in [0.1, 0.15) is 32.6 Å². The first kappa shape index (κ1) is 8.05. The molecule has 2 fully saturated rings. The SMILES string of the molecule is CC[C@]12CCCO[C@H](C1)OC2=O. The Hall–Kier alpha value is -0.570. The molecular formula is C9H14O3. The molecule has 0 aromatic rings. The zero-order chi connectivity index (χ0) is 8.60.